The van der Waals surface area contributed by atoms with Crippen molar-refractivity contribution in [3.63, 3.8) is 0 Å². The van der Waals surface area contributed by atoms with Crippen molar-refractivity contribution in [3.8, 4) is 0 Å². The largest absolute Gasteiger partial charge is 0.351 e. The number of benzene rings is 1. The predicted octanol–water partition coefficient (Wildman–Crippen LogP) is 2.64. The Labute approximate surface area is 133 Å². The van der Waals surface area contributed by atoms with E-state index in [9.17, 15) is 4.79 Å². The Morgan fingerprint density at radius 1 is 1.29 bits per heavy atom. The first-order chi connectivity index (χ1) is 9.75. The smallest absolute Gasteiger partial charge is 0.227 e. The van der Waals surface area contributed by atoms with Crippen LogP contribution in [0.5, 0.6) is 0 Å². The lowest BCUT2D eigenvalue weighted by Gasteiger charge is -2.32. The van der Waals surface area contributed by atoms with Crippen LogP contribution in [0.3, 0.4) is 0 Å². The zero-order valence-corrected chi connectivity index (χ0v) is 13.4. The molecule has 2 N–H and O–H groups in total. The van der Waals surface area contributed by atoms with Gasteiger partial charge in [-0.3, -0.25) is 4.79 Å². The average Bonchev–Trinajstić information content (AvgIpc) is 2.49. The van der Waals surface area contributed by atoms with E-state index in [2.05, 4.69) is 41.8 Å². The Hall–Kier alpha value is -1.06. The van der Waals surface area contributed by atoms with E-state index in [1.165, 1.54) is 11.1 Å². The Kier molecular flexibility index (Phi) is 5.65. The van der Waals surface area contributed by atoms with Crippen LogP contribution < -0.4 is 10.6 Å². The normalized spacial score (nSPS) is 28.1. The van der Waals surface area contributed by atoms with Crippen molar-refractivity contribution in [2.24, 2.45) is 5.92 Å². The van der Waals surface area contributed by atoms with Crippen molar-refractivity contribution in [2.75, 3.05) is 13.1 Å². The summed E-state index contributed by atoms with van der Waals surface area (Å²) in [6, 6.07) is 8.70. The molecule has 116 valence electrons. The Morgan fingerprint density at radius 3 is 2.90 bits per heavy atom. The molecule has 3 nitrogen and oxygen atoms in total. The summed E-state index contributed by atoms with van der Waals surface area (Å²) in [6.45, 7) is 4.21. The summed E-state index contributed by atoms with van der Waals surface area (Å²) in [5.41, 5.74) is 2.60. The lowest BCUT2D eigenvalue weighted by molar-refractivity contribution is -0.124. The Balaban J connectivity index is 0.00000161. The minimum absolute atomic E-state index is 0. The number of aryl methyl sites for hydroxylation is 1. The number of carbonyl (C=O) groups excluding carboxylic acids is 1. The van der Waals surface area contributed by atoms with Gasteiger partial charge < -0.3 is 10.6 Å². The van der Waals surface area contributed by atoms with Crippen LogP contribution in [0.25, 0.3) is 0 Å². The van der Waals surface area contributed by atoms with Gasteiger partial charge in [-0.05, 0) is 49.3 Å². The van der Waals surface area contributed by atoms with Crippen molar-refractivity contribution in [1.82, 2.24) is 10.6 Å². The van der Waals surface area contributed by atoms with Crippen LogP contribution in [0.2, 0.25) is 0 Å². The molecular weight excluding hydrogens is 284 g/mol. The van der Waals surface area contributed by atoms with Gasteiger partial charge in [-0.25, -0.2) is 0 Å². The molecule has 1 saturated heterocycles. The number of hydrogen-bond donors (Lipinski definition) is 2. The molecule has 0 aromatic heterocycles. The number of carbonyl (C=O) groups is 1. The van der Waals surface area contributed by atoms with E-state index in [-0.39, 0.29) is 30.3 Å². The number of amides is 1. The topological polar surface area (TPSA) is 41.1 Å². The minimum Gasteiger partial charge on any atom is -0.351 e. The number of hydrogen-bond acceptors (Lipinski definition) is 2. The molecule has 1 aromatic carbocycles. The van der Waals surface area contributed by atoms with Crippen LogP contribution in [0, 0.1) is 5.92 Å². The zero-order valence-electron chi connectivity index (χ0n) is 12.6. The van der Waals surface area contributed by atoms with Crippen molar-refractivity contribution >= 4 is 18.3 Å². The molecule has 1 aromatic rings. The van der Waals surface area contributed by atoms with Crippen molar-refractivity contribution in [2.45, 2.75) is 44.6 Å². The molecule has 0 bridgehead atoms. The summed E-state index contributed by atoms with van der Waals surface area (Å²) in [5, 5.41) is 6.66. The van der Waals surface area contributed by atoms with E-state index in [1.54, 1.807) is 0 Å². The number of rotatable bonds is 2. The maximum absolute atomic E-state index is 12.6. The van der Waals surface area contributed by atoms with E-state index in [0.717, 1.165) is 38.8 Å². The van der Waals surface area contributed by atoms with E-state index in [4.69, 9.17) is 0 Å². The molecule has 3 rings (SSSR count). The Morgan fingerprint density at radius 2 is 2.10 bits per heavy atom. The first-order valence-corrected chi connectivity index (χ1v) is 7.84. The second kappa shape index (κ2) is 7.28. The number of fused-ring (bicyclic) bond motifs is 1. The molecule has 2 aliphatic rings. The van der Waals surface area contributed by atoms with E-state index in [1.807, 2.05) is 0 Å². The summed E-state index contributed by atoms with van der Waals surface area (Å²) in [7, 11) is 0. The monoisotopic (exact) mass is 308 g/mol. The highest BCUT2D eigenvalue weighted by Gasteiger charge is 2.29. The fraction of sp³-hybridized carbons (Fsp3) is 0.588. The molecule has 0 spiro atoms. The Bertz CT molecular complexity index is 491. The molecule has 1 amide bonds. The van der Waals surface area contributed by atoms with Gasteiger partial charge in [0.05, 0.1) is 5.92 Å². The molecule has 1 aliphatic carbocycles. The zero-order chi connectivity index (χ0) is 13.9. The minimum atomic E-state index is 0. The maximum atomic E-state index is 12.6. The first kappa shape index (κ1) is 16.3. The third-order valence-corrected chi connectivity index (χ3v) is 4.84. The molecule has 1 aliphatic heterocycles. The summed E-state index contributed by atoms with van der Waals surface area (Å²) in [4.78, 5) is 12.6. The van der Waals surface area contributed by atoms with Gasteiger partial charge in [-0.2, -0.15) is 0 Å². The summed E-state index contributed by atoms with van der Waals surface area (Å²) >= 11 is 0. The van der Waals surface area contributed by atoms with Crippen LogP contribution in [0.1, 0.15) is 43.2 Å². The number of nitrogens with one attached hydrogen (secondary N) is 2. The SMILES string of the molecule is CC1CCNCC1NC(=O)C1CCCc2ccccc21.Cl. The van der Waals surface area contributed by atoms with Gasteiger partial charge in [0.2, 0.25) is 5.91 Å². The van der Waals surface area contributed by atoms with Crippen LogP contribution >= 0.6 is 12.4 Å². The van der Waals surface area contributed by atoms with Gasteiger partial charge in [-0.1, -0.05) is 31.2 Å². The standard InChI is InChI=1S/C17H24N2O.ClH/c1-12-9-10-18-11-16(12)19-17(20)15-8-4-6-13-5-2-3-7-14(13)15;/h2-3,5,7,12,15-16,18H,4,6,8-11H2,1H3,(H,19,20);1H. The van der Waals surface area contributed by atoms with Crippen molar-refractivity contribution in [1.29, 1.82) is 0 Å². The first-order valence-electron chi connectivity index (χ1n) is 7.84. The molecule has 3 atom stereocenters. The van der Waals surface area contributed by atoms with Crippen LogP contribution in [0.15, 0.2) is 24.3 Å². The fourth-order valence-electron chi connectivity index (χ4n) is 3.49. The molecule has 1 fully saturated rings. The highest BCUT2D eigenvalue weighted by atomic mass is 35.5. The summed E-state index contributed by atoms with van der Waals surface area (Å²) < 4.78 is 0. The highest BCUT2D eigenvalue weighted by Crippen LogP contribution is 2.31. The van der Waals surface area contributed by atoms with Gasteiger partial charge >= 0.3 is 0 Å². The summed E-state index contributed by atoms with van der Waals surface area (Å²) in [6.07, 6.45) is 4.36. The molecule has 0 radical (unpaired) electrons. The van der Waals surface area contributed by atoms with Crippen molar-refractivity contribution < 1.29 is 4.79 Å². The number of halogens is 1. The van der Waals surface area contributed by atoms with Gasteiger partial charge in [0, 0.05) is 12.6 Å². The molecule has 21 heavy (non-hydrogen) atoms. The molecule has 1 heterocycles. The van der Waals surface area contributed by atoms with Crippen LogP contribution in [0.4, 0.5) is 0 Å². The fourth-order valence-corrected chi connectivity index (χ4v) is 3.49. The van der Waals surface area contributed by atoms with Gasteiger partial charge in [0.15, 0.2) is 0 Å². The van der Waals surface area contributed by atoms with Gasteiger partial charge in [-0.15, -0.1) is 12.4 Å². The van der Waals surface area contributed by atoms with E-state index in [0.29, 0.717) is 5.92 Å². The predicted molar refractivity (Wildman–Crippen MR) is 88.0 cm³/mol. The summed E-state index contributed by atoms with van der Waals surface area (Å²) in [5.74, 6) is 0.839. The highest BCUT2D eigenvalue weighted by molar-refractivity contribution is 5.85. The lowest BCUT2D eigenvalue weighted by Crippen LogP contribution is -2.51. The van der Waals surface area contributed by atoms with Gasteiger partial charge in [0.1, 0.15) is 0 Å². The second-order valence-corrected chi connectivity index (χ2v) is 6.23. The number of piperidine rings is 1. The molecule has 0 saturated carbocycles. The van der Waals surface area contributed by atoms with E-state index >= 15 is 0 Å². The second-order valence-electron chi connectivity index (χ2n) is 6.23. The molecule has 3 unspecified atom stereocenters. The lowest BCUT2D eigenvalue weighted by atomic mass is 9.82. The third kappa shape index (κ3) is 3.58. The maximum Gasteiger partial charge on any atom is 0.227 e. The quantitative estimate of drug-likeness (QED) is 0.882. The van der Waals surface area contributed by atoms with Crippen LogP contribution in [-0.2, 0) is 11.2 Å². The third-order valence-electron chi connectivity index (χ3n) is 4.84. The van der Waals surface area contributed by atoms with Crippen molar-refractivity contribution in [3.05, 3.63) is 35.4 Å². The average molecular weight is 309 g/mol. The van der Waals surface area contributed by atoms with Crippen LogP contribution in [-0.4, -0.2) is 25.0 Å². The molecule has 4 heteroatoms. The van der Waals surface area contributed by atoms with Gasteiger partial charge in [0.25, 0.3) is 0 Å². The molecular formula is C17H25ClN2O. The van der Waals surface area contributed by atoms with E-state index < -0.39 is 0 Å².